The second kappa shape index (κ2) is 6.82. The van der Waals surface area contributed by atoms with Crippen molar-refractivity contribution in [1.82, 2.24) is 20.1 Å². The molecule has 4 nitrogen and oxygen atoms in total. The summed E-state index contributed by atoms with van der Waals surface area (Å²) in [4.78, 5) is 4.40. The van der Waals surface area contributed by atoms with Crippen LogP contribution >= 0.6 is 11.3 Å². The van der Waals surface area contributed by atoms with E-state index in [1.54, 1.807) is 17.7 Å². The van der Waals surface area contributed by atoms with Crippen molar-refractivity contribution in [2.24, 2.45) is 5.92 Å². The van der Waals surface area contributed by atoms with E-state index in [-0.39, 0.29) is 0 Å². The van der Waals surface area contributed by atoms with E-state index in [4.69, 9.17) is 0 Å². The van der Waals surface area contributed by atoms with Crippen LogP contribution in [0.25, 0.3) is 0 Å². The lowest BCUT2D eigenvalue weighted by atomic mass is 10.1. The molecule has 104 valence electrons. The average molecular weight is 278 g/mol. The topological polar surface area (TPSA) is 42.7 Å². The predicted octanol–water partition coefficient (Wildman–Crippen LogP) is 2.37. The van der Waals surface area contributed by atoms with E-state index in [2.05, 4.69) is 46.1 Å². The molecule has 19 heavy (non-hydrogen) atoms. The largest absolute Gasteiger partial charge is 0.316 e. The zero-order chi connectivity index (χ0) is 13.7. The smallest absolute Gasteiger partial charge is 0.138 e. The minimum absolute atomic E-state index is 0.407. The van der Waals surface area contributed by atoms with Crippen molar-refractivity contribution >= 4 is 11.3 Å². The Bertz CT molecular complexity index is 475. The first-order valence-electron chi connectivity index (χ1n) is 6.74. The van der Waals surface area contributed by atoms with Gasteiger partial charge in [-0.3, -0.25) is 0 Å². The molecule has 0 aromatic carbocycles. The van der Waals surface area contributed by atoms with E-state index in [0.717, 1.165) is 25.2 Å². The second-order valence-corrected chi connectivity index (χ2v) is 6.06. The van der Waals surface area contributed by atoms with Crippen LogP contribution in [0.2, 0.25) is 0 Å². The number of hydrogen-bond donors (Lipinski definition) is 1. The van der Waals surface area contributed by atoms with Gasteiger partial charge in [0.15, 0.2) is 0 Å². The van der Waals surface area contributed by atoms with Crippen LogP contribution in [0, 0.1) is 5.92 Å². The fourth-order valence-electron chi connectivity index (χ4n) is 2.13. The summed E-state index contributed by atoms with van der Waals surface area (Å²) < 4.78 is 2.03. The third-order valence-corrected chi connectivity index (χ3v) is 3.87. The normalized spacial score (nSPS) is 13.1. The van der Waals surface area contributed by atoms with Crippen LogP contribution in [0.5, 0.6) is 0 Å². The maximum absolute atomic E-state index is 4.40. The molecule has 0 aliphatic heterocycles. The van der Waals surface area contributed by atoms with E-state index in [1.807, 2.05) is 11.7 Å². The molecule has 5 heteroatoms. The first-order valence-corrected chi connectivity index (χ1v) is 7.68. The monoisotopic (exact) mass is 278 g/mol. The maximum Gasteiger partial charge on any atom is 0.138 e. The number of nitrogens with zero attached hydrogens (tertiary/aromatic N) is 3. The SMILES string of the molecule is CNC(Cc1ccsc1)Cc1ncnn1CC(C)C. The van der Waals surface area contributed by atoms with Gasteiger partial charge < -0.3 is 5.32 Å². The second-order valence-electron chi connectivity index (χ2n) is 5.28. The van der Waals surface area contributed by atoms with Crippen molar-refractivity contribution in [3.05, 3.63) is 34.5 Å². The van der Waals surface area contributed by atoms with Crippen LogP contribution in [0.3, 0.4) is 0 Å². The first-order chi connectivity index (χ1) is 9.19. The lowest BCUT2D eigenvalue weighted by Crippen LogP contribution is -2.31. The zero-order valence-electron chi connectivity index (χ0n) is 11.8. The van der Waals surface area contributed by atoms with E-state index in [1.165, 1.54) is 5.56 Å². The Morgan fingerprint density at radius 2 is 2.21 bits per heavy atom. The fraction of sp³-hybridized carbons (Fsp3) is 0.571. The molecule has 2 aromatic heterocycles. The molecule has 1 N–H and O–H groups in total. The molecule has 0 aliphatic rings. The molecule has 1 atom stereocenters. The summed E-state index contributed by atoms with van der Waals surface area (Å²) >= 11 is 1.75. The van der Waals surface area contributed by atoms with Crippen molar-refractivity contribution in [3.63, 3.8) is 0 Å². The molecular weight excluding hydrogens is 256 g/mol. The van der Waals surface area contributed by atoms with Gasteiger partial charge in [0.05, 0.1) is 0 Å². The molecular formula is C14H22N4S. The molecule has 0 bridgehead atoms. The zero-order valence-corrected chi connectivity index (χ0v) is 12.7. The number of thiophene rings is 1. The lowest BCUT2D eigenvalue weighted by molar-refractivity contribution is 0.447. The third kappa shape index (κ3) is 4.14. The van der Waals surface area contributed by atoms with Crippen molar-refractivity contribution in [3.8, 4) is 0 Å². The molecule has 0 amide bonds. The summed E-state index contributed by atoms with van der Waals surface area (Å²) in [5.41, 5.74) is 1.39. The summed E-state index contributed by atoms with van der Waals surface area (Å²) in [5, 5.41) is 12.0. The predicted molar refractivity (Wildman–Crippen MR) is 79.4 cm³/mol. The van der Waals surface area contributed by atoms with Gasteiger partial charge in [-0.05, 0) is 41.8 Å². The Kier molecular flexibility index (Phi) is 5.10. The summed E-state index contributed by atoms with van der Waals surface area (Å²) in [6, 6.07) is 2.60. The quantitative estimate of drug-likeness (QED) is 0.845. The van der Waals surface area contributed by atoms with Crippen LogP contribution in [0.1, 0.15) is 25.2 Å². The van der Waals surface area contributed by atoms with Gasteiger partial charge in [0.2, 0.25) is 0 Å². The van der Waals surface area contributed by atoms with Gasteiger partial charge in [0.1, 0.15) is 12.2 Å². The maximum atomic E-state index is 4.40. The molecule has 0 saturated carbocycles. The Labute approximate surface area is 118 Å². The van der Waals surface area contributed by atoms with Crippen molar-refractivity contribution in [2.75, 3.05) is 7.05 Å². The van der Waals surface area contributed by atoms with Gasteiger partial charge in [-0.1, -0.05) is 13.8 Å². The van der Waals surface area contributed by atoms with Gasteiger partial charge in [-0.2, -0.15) is 16.4 Å². The summed E-state index contributed by atoms with van der Waals surface area (Å²) in [7, 11) is 2.01. The van der Waals surface area contributed by atoms with E-state index in [0.29, 0.717) is 12.0 Å². The third-order valence-electron chi connectivity index (χ3n) is 3.13. The molecule has 0 fully saturated rings. The molecule has 2 aromatic rings. The van der Waals surface area contributed by atoms with Gasteiger partial charge >= 0.3 is 0 Å². The van der Waals surface area contributed by atoms with Gasteiger partial charge in [0, 0.05) is 19.0 Å². The highest BCUT2D eigenvalue weighted by molar-refractivity contribution is 7.07. The highest BCUT2D eigenvalue weighted by Crippen LogP contribution is 2.11. The number of aromatic nitrogens is 3. The molecule has 1 unspecified atom stereocenters. The average Bonchev–Trinajstić information content (AvgIpc) is 3.00. The van der Waals surface area contributed by atoms with Crippen LogP contribution in [-0.2, 0) is 19.4 Å². The summed E-state index contributed by atoms with van der Waals surface area (Å²) in [6.07, 6.45) is 3.61. The van der Waals surface area contributed by atoms with Gasteiger partial charge in [-0.15, -0.1) is 0 Å². The minimum Gasteiger partial charge on any atom is -0.316 e. The molecule has 2 heterocycles. The Morgan fingerprint density at radius 1 is 1.37 bits per heavy atom. The molecule has 0 spiro atoms. The number of likely N-dealkylation sites (N-methyl/N-ethyl adjacent to an activating group) is 1. The summed E-state index contributed by atoms with van der Waals surface area (Å²) in [6.45, 7) is 5.34. The number of hydrogen-bond acceptors (Lipinski definition) is 4. The molecule has 0 aliphatic carbocycles. The fourth-order valence-corrected chi connectivity index (χ4v) is 2.82. The molecule has 0 radical (unpaired) electrons. The van der Waals surface area contributed by atoms with Crippen LogP contribution in [-0.4, -0.2) is 27.9 Å². The molecule has 2 rings (SSSR count). The number of nitrogens with one attached hydrogen (secondary N) is 1. The number of rotatable bonds is 7. The Balaban J connectivity index is 2.00. The highest BCUT2D eigenvalue weighted by Gasteiger charge is 2.13. The van der Waals surface area contributed by atoms with Crippen LogP contribution in [0.15, 0.2) is 23.2 Å². The van der Waals surface area contributed by atoms with Gasteiger partial charge in [0.25, 0.3) is 0 Å². The van der Waals surface area contributed by atoms with E-state index in [9.17, 15) is 0 Å². The van der Waals surface area contributed by atoms with Crippen molar-refractivity contribution in [1.29, 1.82) is 0 Å². The van der Waals surface area contributed by atoms with Crippen LogP contribution < -0.4 is 5.32 Å². The standard InChI is InChI=1S/C14H22N4S/c1-11(2)8-18-14(16-10-17-18)7-13(15-3)6-12-4-5-19-9-12/h4-5,9-11,13,15H,6-8H2,1-3H3. The van der Waals surface area contributed by atoms with Gasteiger partial charge in [-0.25, -0.2) is 9.67 Å². The first kappa shape index (κ1) is 14.2. The van der Waals surface area contributed by atoms with E-state index >= 15 is 0 Å². The highest BCUT2D eigenvalue weighted by atomic mass is 32.1. The van der Waals surface area contributed by atoms with Crippen molar-refractivity contribution in [2.45, 2.75) is 39.3 Å². The molecule has 0 saturated heterocycles. The lowest BCUT2D eigenvalue weighted by Gasteiger charge is -2.16. The summed E-state index contributed by atoms with van der Waals surface area (Å²) in [5.74, 6) is 1.66. The van der Waals surface area contributed by atoms with Crippen LogP contribution in [0.4, 0.5) is 0 Å². The Morgan fingerprint density at radius 3 is 2.84 bits per heavy atom. The Hall–Kier alpha value is -1.20. The van der Waals surface area contributed by atoms with Crippen molar-refractivity contribution < 1.29 is 0 Å². The van der Waals surface area contributed by atoms with E-state index < -0.39 is 0 Å². The minimum atomic E-state index is 0.407.